The molecule has 32 heavy (non-hydrogen) atoms. The average molecular weight is 437 g/mol. The molecular weight excluding hydrogens is 404 g/mol. The van der Waals surface area contributed by atoms with Gasteiger partial charge in [-0.15, -0.1) is 0 Å². The fraction of sp³-hybridized carbons (Fsp3) is 0.500. The third-order valence-electron chi connectivity index (χ3n) is 6.90. The normalized spacial score (nSPS) is 20.0. The molecule has 0 bridgehead atoms. The molecule has 2 aromatic rings. The van der Waals surface area contributed by atoms with E-state index in [4.69, 9.17) is 9.47 Å². The first-order chi connectivity index (χ1) is 15.7. The highest BCUT2D eigenvalue weighted by atomic mass is 16.6. The van der Waals surface area contributed by atoms with Crippen LogP contribution in [0.25, 0.3) is 0 Å². The average Bonchev–Trinajstić information content (AvgIpc) is 3.47. The number of ether oxygens (including phenoxy) is 2. The maximum absolute atomic E-state index is 13.0. The summed E-state index contributed by atoms with van der Waals surface area (Å²) >= 11 is 0. The predicted octanol–water partition coefficient (Wildman–Crippen LogP) is 2.88. The van der Waals surface area contributed by atoms with E-state index in [9.17, 15) is 9.90 Å². The number of hydrogen-bond donors (Lipinski definition) is 2. The van der Waals surface area contributed by atoms with Gasteiger partial charge >= 0.3 is 0 Å². The summed E-state index contributed by atoms with van der Waals surface area (Å²) in [5.74, 6) is 1.70. The Labute approximate surface area is 189 Å². The van der Waals surface area contributed by atoms with Gasteiger partial charge in [0.2, 0.25) is 5.91 Å². The molecule has 2 N–H and O–H groups in total. The van der Waals surface area contributed by atoms with Gasteiger partial charge in [0.15, 0.2) is 11.5 Å². The minimum atomic E-state index is -0.809. The summed E-state index contributed by atoms with van der Waals surface area (Å²) in [6, 6.07) is 13.6. The van der Waals surface area contributed by atoms with E-state index in [1.54, 1.807) is 0 Å². The zero-order valence-corrected chi connectivity index (χ0v) is 18.5. The van der Waals surface area contributed by atoms with Crippen LogP contribution in [-0.2, 0) is 17.6 Å². The van der Waals surface area contributed by atoms with Crippen LogP contribution < -0.4 is 14.8 Å². The van der Waals surface area contributed by atoms with E-state index in [1.807, 2.05) is 18.2 Å². The van der Waals surface area contributed by atoms with Gasteiger partial charge in [-0.3, -0.25) is 4.79 Å². The zero-order chi connectivity index (χ0) is 21.9. The molecule has 1 unspecified atom stereocenters. The Morgan fingerprint density at radius 1 is 1.03 bits per heavy atom. The summed E-state index contributed by atoms with van der Waals surface area (Å²) in [7, 11) is 0. The smallest absolute Gasteiger partial charge is 0.220 e. The van der Waals surface area contributed by atoms with E-state index < -0.39 is 6.10 Å². The van der Waals surface area contributed by atoms with Gasteiger partial charge in [-0.1, -0.05) is 30.3 Å². The third kappa shape index (κ3) is 4.76. The van der Waals surface area contributed by atoms with Crippen molar-refractivity contribution in [3.8, 4) is 11.5 Å². The second-order valence-electron chi connectivity index (χ2n) is 9.28. The van der Waals surface area contributed by atoms with Crippen LogP contribution in [0.15, 0.2) is 42.5 Å². The highest BCUT2D eigenvalue weighted by Crippen LogP contribution is 2.34. The molecule has 6 heteroatoms. The Morgan fingerprint density at radius 2 is 1.72 bits per heavy atom. The maximum Gasteiger partial charge on any atom is 0.220 e. The van der Waals surface area contributed by atoms with E-state index in [0.29, 0.717) is 43.6 Å². The number of amides is 1. The van der Waals surface area contributed by atoms with E-state index in [0.717, 1.165) is 31.5 Å². The van der Waals surface area contributed by atoms with E-state index in [2.05, 4.69) is 34.5 Å². The fourth-order valence-electron chi connectivity index (χ4n) is 5.27. The summed E-state index contributed by atoms with van der Waals surface area (Å²) in [4.78, 5) is 15.3. The molecule has 2 heterocycles. The SMILES string of the molecule is O=C(CC1Cc2ccccc2C1)NC(CN1CCCC1)[C@H](O)c1ccc2c(c1)OCCO2. The highest BCUT2D eigenvalue weighted by molar-refractivity contribution is 5.77. The van der Waals surface area contributed by atoms with Crippen molar-refractivity contribution < 1.29 is 19.4 Å². The molecule has 0 saturated carbocycles. The first kappa shape index (κ1) is 21.3. The lowest BCUT2D eigenvalue weighted by molar-refractivity contribution is -0.123. The second kappa shape index (κ2) is 9.51. The van der Waals surface area contributed by atoms with E-state index in [1.165, 1.54) is 24.0 Å². The lowest BCUT2D eigenvalue weighted by Gasteiger charge is -2.29. The number of nitrogens with zero attached hydrogens (tertiary/aromatic N) is 1. The minimum Gasteiger partial charge on any atom is -0.486 e. The highest BCUT2D eigenvalue weighted by Gasteiger charge is 2.29. The monoisotopic (exact) mass is 436 g/mol. The molecule has 170 valence electrons. The predicted molar refractivity (Wildman–Crippen MR) is 122 cm³/mol. The van der Waals surface area contributed by atoms with Crippen LogP contribution in [0.3, 0.4) is 0 Å². The van der Waals surface area contributed by atoms with Crippen molar-refractivity contribution in [2.45, 2.75) is 44.2 Å². The Balaban J connectivity index is 1.27. The number of likely N-dealkylation sites (tertiary alicyclic amines) is 1. The Kier molecular flexibility index (Phi) is 6.32. The second-order valence-corrected chi connectivity index (χ2v) is 9.28. The van der Waals surface area contributed by atoms with Crippen LogP contribution in [0.4, 0.5) is 0 Å². The molecule has 1 aliphatic carbocycles. The van der Waals surface area contributed by atoms with Gasteiger partial charge in [-0.25, -0.2) is 0 Å². The fourth-order valence-corrected chi connectivity index (χ4v) is 5.27. The maximum atomic E-state index is 13.0. The van der Waals surface area contributed by atoms with Crippen molar-refractivity contribution in [3.63, 3.8) is 0 Å². The van der Waals surface area contributed by atoms with E-state index >= 15 is 0 Å². The molecule has 5 rings (SSSR count). The van der Waals surface area contributed by atoms with Gasteiger partial charge in [0, 0.05) is 13.0 Å². The van der Waals surface area contributed by atoms with Crippen LogP contribution in [0.5, 0.6) is 11.5 Å². The summed E-state index contributed by atoms with van der Waals surface area (Å²) in [6.07, 6.45) is 3.91. The molecular formula is C26H32N2O4. The molecule has 0 radical (unpaired) electrons. The number of fused-ring (bicyclic) bond motifs is 2. The Morgan fingerprint density at radius 3 is 2.44 bits per heavy atom. The largest absolute Gasteiger partial charge is 0.486 e. The van der Waals surface area contributed by atoms with Crippen molar-refractivity contribution >= 4 is 5.91 Å². The number of carbonyl (C=O) groups is 1. The zero-order valence-electron chi connectivity index (χ0n) is 18.5. The van der Waals surface area contributed by atoms with Gasteiger partial charge < -0.3 is 24.8 Å². The third-order valence-corrected chi connectivity index (χ3v) is 6.90. The number of benzene rings is 2. The Bertz CT molecular complexity index is 932. The van der Waals surface area contributed by atoms with Crippen LogP contribution in [-0.4, -0.2) is 54.8 Å². The van der Waals surface area contributed by atoms with E-state index in [-0.39, 0.29) is 11.9 Å². The summed E-state index contributed by atoms with van der Waals surface area (Å²) < 4.78 is 11.3. The van der Waals surface area contributed by atoms with Gasteiger partial charge in [-0.05, 0) is 73.5 Å². The van der Waals surface area contributed by atoms with Crippen LogP contribution >= 0.6 is 0 Å². The Hall–Kier alpha value is -2.57. The standard InChI is InChI=1S/C26H32N2O4/c29-25(15-18-13-19-5-1-2-6-20(19)14-18)27-22(17-28-9-3-4-10-28)26(30)21-7-8-23-24(16-21)32-12-11-31-23/h1-2,5-8,16,18,22,26,30H,3-4,9-15,17H2,(H,27,29)/t22?,26-/m1/s1. The van der Waals surface area contributed by atoms with Gasteiger partial charge in [0.05, 0.1) is 6.04 Å². The lowest BCUT2D eigenvalue weighted by atomic mass is 9.98. The van der Waals surface area contributed by atoms with Crippen LogP contribution in [0.1, 0.15) is 42.1 Å². The molecule has 1 saturated heterocycles. The van der Waals surface area contributed by atoms with Crippen molar-refractivity contribution in [1.82, 2.24) is 10.2 Å². The first-order valence-electron chi connectivity index (χ1n) is 11.8. The molecule has 0 spiro atoms. The van der Waals surface area contributed by atoms with Crippen molar-refractivity contribution in [1.29, 1.82) is 0 Å². The van der Waals surface area contributed by atoms with Crippen molar-refractivity contribution in [2.24, 2.45) is 5.92 Å². The molecule has 6 nitrogen and oxygen atoms in total. The van der Waals surface area contributed by atoms with Crippen LogP contribution in [0, 0.1) is 5.92 Å². The number of carbonyl (C=O) groups excluding carboxylic acids is 1. The number of aliphatic hydroxyl groups excluding tert-OH is 1. The molecule has 2 aliphatic heterocycles. The van der Waals surface area contributed by atoms with Gasteiger partial charge in [0.1, 0.15) is 19.3 Å². The molecule has 2 atom stereocenters. The number of nitrogens with one attached hydrogen (secondary N) is 1. The number of rotatable bonds is 7. The van der Waals surface area contributed by atoms with Crippen molar-refractivity contribution in [3.05, 3.63) is 59.2 Å². The van der Waals surface area contributed by atoms with Gasteiger partial charge in [-0.2, -0.15) is 0 Å². The van der Waals surface area contributed by atoms with Crippen molar-refractivity contribution in [2.75, 3.05) is 32.8 Å². The summed E-state index contributed by atoms with van der Waals surface area (Å²) in [5, 5.41) is 14.4. The van der Waals surface area contributed by atoms with Gasteiger partial charge in [0.25, 0.3) is 0 Å². The minimum absolute atomic E-state index is 0.0172. The lowest BCUT2D eigenvalue weighted by Crippen LogP contribution is -2.47. The number of aliphatic hydroxyl groups is 1. The summed E-state index contributed by atoms with van der Waals surface area (Å²) in [6.45, 7) is 3.71. The molecule has 0 aromatic heterocycles. The molecule has 1 fully saturated rings. The number of hydrogen-bond acceptors (Lipinski definition) is 5. The molecule has 1 amide bonds. The quantitative estimate of drug-likeness (QED) is 0.699. The topological polar surface area (TPSA) is 71.0 Å². The van der Waals surface area contributed by atoms with Crippen LogP contribution in [0.2, 0.25) is 0 Å². The summed E-state index contributed by atoms with van der Waals surface area (Å²) in [5.41, 5.74) is 3.46. The molecule has 3 aliphatic rings. The first-order valence-corrected chi connectivity index (χ1v) is 11.8. The molecule has 2 aromatic carbocycles.